The lowest BCUT2D eigenvalue weighted by molar-refractivity contribution is -0.127. The molecule has 0 saturated carbocycles. The zero-order valence-electron chi connectivity index (χ0n) is 18.6. The Labute approximate surface area is 194 Å². The van der Waals surface area contributed by atoms with Gasteiger partial charge in [-0.05, 0) is 74.0 Å². The highest BCUT2D eigenvalue weighted by Gasteiger charge is 2.51. The number of benzene rings is 2. The van der Waals surface area contributed by atoms with Crippen molar-refractivity contribution in [1.82, 2.24) is 15.5 Å². The summed E-state index contributed by atoms with van der Waals surface area (Å²) < 4.78 is 5.53. The van der Waals surface area contributed by atoms with Crippen molar-refractivity contribution >= 4 is 11.9 Å². The van der Waals surface area contributed by atoms with Crippen molar-refractivity contribution in [3.63, 3.8) is 0 Å². The molecule has 3 amide bonds. The highest BCUT2D eigenvalue weighted by molar-refractivity contribution is 6.07. The molecule has 0 unspecified atom stereocenters. The van der Waals surface area contributed by atoms with E-state index in [0.29, 0.717) is 6.42 Å². The van der Waals surface area contributed by atoms with Gasteiger partial charge in [0.05, 0.1) is 6.26 Å². The lowest BCUT2D eigenvalue weighted by Crippen LogP contribution is -2.56. The maximum atomic E-state index is 12.9. The van der Waals surface area contributed by atoms with Crippen LogP contribution in [0.15, 0.2) is 77.4 Å². The molecule has 3 aromatic rings. The summed E-state index contributed by atoms with van der Waals surface area (Å²) in [5.74, 6) is 0.824. The fourth-order valence-electron chi connectivity index (χ4n) is 5.27. The fourth-order valence-corrected chi connectivity index (χ4v) is 5.27. The highest BCUT2D eigenvalue weighted by Crippen LogP contribution is 2.35. The fraction of sp³-hybridized carbons (Fsp3) is 0.333. The molecule has 2 fully saturated rings. The van der Waals surface area contributed by atoms with Crippen LogP contribution in [0, 0.1) is 5.92 Å². The molecule has 0 radical (unpaired) electrons. The zero-order valence-corrected chi connectivity index (χ0v) is 18.6. The van der Waals surface area contributed by atoms with Crippen molar-refractivity contribution < 1.29 is 14.0 Å². The molecule has 33 heavy (non-hydrogen) atoms. The van der Waals surface area contributed by atoms with Gasteiger partial charge in [0.15, 0.2) is 0 Å². The minimum absolute atomic E-state index is 0.123. The first-order chi connectivity index (χ1) is 16.1. The first-order valence-electron chi connectivity index (χ1n) is 11.6. The number of nitrogens with zero attached hydrogens (tertiary/aromatic N) is 1. The van der Waals surface area contributed by atoms with Crippen LogP contribution < -0.4 is 10.6 Å². The van der Waals surface area contributed by atoms with Gasteiger partial charge < -0.3 is 9.73 Å². The molecule has 2 aliphatic rings. The van der Waals surface area contributed by atoms with Crippen molar-refractivity contribution in [2.75, 3.05) is 13.1 Å². The number of urea groups is 1. The molecule has 0 bridgehead atoms. The lowest BCUT2D eigenvalue weighted by Gasteiger charge is -2.40. The van der Waals surface area contributed by atoms with Crippen LogP contribution in [0.3, 0.4) is 0 Å². The van der Waals surface area contributed by atoms with Crippen molar-refractivity contribution in [3.05, 3.63) is 84.1 Å². The third-order valence-electron chi connectivity index (χ3n) is 7.04. The molecule has 2 N–H and O–H groups in total. The number of carbonyl (C=O) groups excluding carboxylic acids is 2. The van der Waals surface area contributed by atoms with Crippen LogP contribution in [0.25, 0.3) is 11.3 Å². The van der Waals surface area contributed by atoms with E-state index in [1.807, 2.05) is 30.3 Å². The third-order valence-corrected chi connectivity index (χ3v) is 7.04. The smallest absolute Gasteiger partial charge is 0.322 e. The van der Waals surface area contributed by atoms with Crippen molar-refractivity contribution in [1.29, 1.82) is 0 Å². The average Bonchev–Trinajstić information content (AvgIpc) is 3.47. The summed E-state index contributed by atoms with van der Waals surface area (Å²) in [4.78, 5) is 27.5. The van der Waals surface area contributed by atoms with Gasteiger partial charge in [-0.1, -0.05) is 48.5 Å². The molecule has 0 aliphatic carbocycles. The van der Waals surface area contributed by atoms with E-state index < -0.39 is 5.54 Å². The summed E-state index contributed by atoms with van der Waals surface area (Å²) >= 11 is 0. The predicted molar refractivity (Wildman–Crippen MR) is 126 cm³/mol. The Morgan fingerprint density at radius 2 is 1.73 bits per heavy atom. The van der Waals surface area contributed by atoms with Gasteiger partial charge in [0, 0.05) is 12.1 Å². The minimum atomic E-state index is -0.821. The number of hydrogen-bond acceptors (Lipinski definition) is 4. The zero-order chi connectivity index (χ0) is 22.7. The lowest BCUT2D eigenvalue weighted by atomic mass is 9.74. The Bertz CT molecular complexity index is 1100. The summed E-state index contributed by atoms with van der Waals surface area (Å²) in [5.41, 5.74) is 2.68. The molecule has 1 atom stereocenters. The van der Waals surface area contributed by atoms with Crippen LogP contribution in [0.4, 0.5) is 4.79 Å². The maximum absolute atomic E-state index is 12.9. The number of rotatable bonds is 7. The van der Waals surface area contributed by atoms with Gasteiger partial charge in [0.25, 0.3) is 5.91 Å². The standard InChI is InChI=1S/C27H29N3O3/c31-25-27(29-26(32)28-25,14-11-20-6-2-1-3-7-20)23-12-15-30(16-13-23)19-21-8-4-9-22(18-21)24-10-5-17-33-24/h1-10,17-18,23H,11-16,19H2,(H2,28,29,31,32)/t27-/m0/s1. The van der Waals surface area contributed by atoms with Crippen LogP contribution in [-0.2, 0) is 17.8 Å². The van der Waals surface area contributed by atoms with Crippen LogP contribution in [0.5, 0.6) is 0 Å². The monoisotopic (exact) mass is 443 g/mol. The molecule has 2 saturated heterocycles. The Morgan fingerprint density at radius 1 is 0.939 bits per heavy atom. The van der Waals surface area contributed by atoms with Gasteiger partial charge in [-0.25, -0.2) is 4.79 Å². The second kappa shape index (κ2) is 9.24. The number of piperidine rings is 1. The number of imide groups is 1. The molecule has 3 heterocycles. The summed E-state index contributed by atoms with van der Waals surface area (Å²) in [7, 11) is 0. The normalized spacial score (nSPS) is 21.7. The summed E-state index contributed by atoms with van der Waals surface area (Å²) in [6.07, 6.45) is 4.82. The summed E-state index contributed by atoms with van der Waals surface area (Å²) in [6, 6.07) is 22.1. The van der Waals surface area contributed by atoms with Gasteiger partial charge in [-0.2, -0.15) is 0 Å². The van der Waals surface area contributed by atoms with Gasteiger partial charge in [-0.15, -0.1) is 0 Å². The van der Waals surface area contributed by atoms with E-state index in [4.69, 9.17) is 4.42 Å². The van der Waals surface area contributed by atoms with E-state index in [9.17, 15) is 9.59 Å². The van der Waals surface area contributed by atoms with E-state index in [1.54, 1.807) is 6.26 Å². The molecule has 2 aliphatic heterocycles. The SMILES string of the molecule is O=C1NC(=O)[C@](CCc2ccccc2)(C2CCN(Cc3cccc(-c4ccco4)c3)CC2)N1. The van der Waals surface area contributed by atoms with Crippen molar-refractivity contribution in [2.45, 2.75) is 37.8 Å². The Morgan fingerprint density at radius 3 is 2.42 bits per heavy atom. The third kappa shape index (κ3) is 4.57. The largest absolute Gasteiger partial charge is 0.464 e. The van der Waals surface area contributed by atoms with Gasteiger partial charge >= 0.3 is 6.03 Å². The average molecular weight is 444 g/mol. The van der Waals surface area contributed by atoms with Crippen LogP contribution in [0.2, 0.25) is 0 Å². The van der Waals surface area contributed by atoms with E-state index in [0.717, 1.165) is 50.2 Å². The molecule has 170 valence electrons. The number of amides is 3. The van der Waals surface area contributed by atoms with Gasteiger partial charge in [0.2, 0.25) is 0 Å². The first kappa shape index (κ1) is 21.5. The Balaban J connectivity index is 1.24. The number of carbonyl (C=O) groups is 2. The van der Waals surface area contributed by atoms with E-state index in [2.05, 4.69) is 51.9 Å². The predicted octanol–water partition coefficient (Wildman–Crippen LogP) is 4.37. The molecule has 5 rings (SSSR count). The van der Waals surface area contributed by atoms with Gasteiger partial charge in [-0.3, -0.25) is 15.0 Å². The van der Waals surface area contributed by atoms with Crippen molar-refractivity contribution in [3.8, 4) is 11.3 Å². The summed E-state index contributed by atoms with van der Waals surface area (Å²) in [6.45, 7) is 2.65. The van der Waals surface area contributed by atoms with Crippen LogP contribution in [0.1, 0.15) is 30.4 Å². The maximum Gasteiger partial charge on any atom is 0.322 e. The molecule has 2 aromatic carbocycles. The minimum Gasteiger partial charge on any atom is -0.464 e. The number of nitrogens with one attached hydrogen (secondary N) is 2. The number of hydrogen-bond donors (Lipinski definition) is 2. The number of furan rings is 1. The van der Waals surface area contributed by atoms with E-state index in [1.165, 1.54) is 11.1 Å². The second-order valence-corrected chi connectivity index (χ2v) is 9.09. The highest BCUT2D eigenvalue weighted by atomic mass is 16.3. The molecule has 1 aromatic heterocycles. The molecular weight excluding hydrogens is 414 g/mol. The Kier molecular flexibility index (Phi) is 6.01. The topological polar surface area (TPSA) is 74.6 Å². The van der Waals surface area contributed by atoms with E-state index >= 15 is 0 Å². The second-order valence-electron chi connectivity index (χ2n) is 9.09. The number of aryl methyl sites for hydroxylation is 1. The van der Waals surface area contributed by atoms with Crippen LogP contribution in [-0.4, -0.2) is 35.5 Å². The molecule has 6 heteroatoms. The summed E-state index contributed by atoms with van der Waals surface area (Å²) in [5, 5.41) is 5.52. The molecule has 6 nitrogen and oxygen atoms in total. The number of likely N-dealkylation sites (tertiary alicyclic amines) is 1. The van der Waals surface area contributed by atoms with Gasteiger partial charge in [0.1, 0.15) is 11.3 Å². The Hall–Kier alpha value is -3.38. The van der Waals surface area contributed by atoms with Crippen molar-refractivity contribution in [2.24, 2.45) is 5.92 Å². The first-order valence-corrected chi connectivity index (χ1v) is 11.6. The quantitative estimate of drug-likeness (QED) is 0.532. The molecule has 0 spiro atoms. The van der Waals surface area contributed by atoms with Crippen LogP contribution >= 0.6 is 0 Å². The molecular formula is C27H29N3O3. The van der Waals surface area contributed by atoms with E-state index in [-0.39, 0.29) is 17.9 Å².